The minimum Gasteiger partial charge on any atom is -0.374 e. The third kappa shape index (κ3) is 2.46. The zero-order chi connectivity index (χ0) is 13.2. The van der Waals surface area contributed by atoms with Crippen LogP contribution < -0.4 is 15.5 Å². The Balaban J connectivity index is 1.72. The van der Waals surface area contributed by atoms with Crippen molar-refractivity contribution in [1.29, 1.82) is 0 Å². The zero-order valence-electron chi connectivity index (χ0n) is 10.2. The van der Waals surface area contributed by atoms with Gasteiger partial charge in [-0.2, -0.15) is 0 Å². The molecule has 5 nitrogen and oxygen atoms in total. The van der Waals surface area contributed by atoms with Gasteiger partial charge < -0.3 is 15.5 Å². The lowest BCUT2D eigenvalue weighted by Crippen LogP contribution is -2.51. The smallest absolute Gasteiger partial charge is 0.212 e. The molecule has 1 aromatic heterocycles. The summed E-state index contributed by atoms with van der Waals surface area (Å²) in [6.07, 6.45) is -1.10. The van der Waals surface area contributed by atoms with Crippen molar-refractivity contribution >= 4 is 27.3 Å². The highest BCUT2D eigenvalue weighted by Crippen LogP contribution is 2.27. The molecule has 1 aromatic carbocycles. The van der Waals surface area contributed by atoms with Crippen molar-refractivity contribution in [1.82, 2.24) is 10.2 Å². The van der Waals surface area contributed by atoms with Crippen LogP contribution in [0.5, 0.6) is 0 Å². The topological polar surface area (TPSA) is 58.3 Å². The molecule has 1 saturated heterocycles. The second-order valence-corrected chi connectivity index (χ2v) is 5.32. The van der Waals surface area contributed by atoms with Gasteiger partial charge in [-0.05, 0) is 12.1 Å². The van der Waals surface area contributed by atoms with Gasteiger partial charge in [-0.25, -0.2) is 4.39 Å². The minimum absolute atomic E-state index is 0.323. The summed E-state index contributed by atoms with van der Waals surface area (Å²) in [5.74, 6) is 0. The Morgan fingerprint density at radius 2 is 2.00 bits per heavy atom. The quantitative estimate of drug-likeness (QED) is 0.849. The number of nitrogens with two attached hydrogens (primary N) is 1. The lowest BCUT2D eigenvalue weighted by atomic mass is 10.2. The fourth-order valence-electron chi connectivity index (χ4n) is 2.17. The van der Waals surface area contributed by atoms with Crippen molar-refractivity contribution in [3.8, 4) is 0 Å². The molecule has 3 rings (SSSR count). The summed E-state index contributed by atoms with van der Waals surface area (Å²) in [7, 11) is 0. The van der Waals surface area contributed by atoms with E-state index >= 15 is 0 Å². The monoisotopic (exact) mass is 279 g/mol. The number of piperazine rings is 1. The highest BCUT2D eigenvalue weighted by atomic mass is 32.1. The van der Waals surface area contributed by atoms with E-state index in [9.17, 15) is 4.39 Å². The van der Waals surface area contributed by atoms with Gasteiger partial charge in [0, 0.05) is 18.8 Å². The molecular weight excluding hydrogens is 265 g/mol. The first-order chi connectivity index (χ1) is 9.24. The van der Waals surface area contributed by atoms with Gasteiger partial charge in [0.05, 0.1) is 6.54 Å². The maximum atomic E-state index is 14.3. The molecule has 0 saturated carbocycles. The fourth-order valence-corrected chi connectivity index (χ4v) is 2.84. The molecule has 1 unspecified atom stereocenters. The molecule has 0 spiro atoms. The van der Waals surface area contributed by atoms with Gasteiger partial charge in [-0.3, -0.25) is 0 Å². The van der Waals surface area contributed by atoms with Crippen LogP contribution in [-0.2, 0) is 0 Å². The number of aromatic nitrogens is 2. The summed E-state index contributed by atoms with van der Waals surface area (Å²) >= 11 is 1.22. The average molecular weight is 279 g/mol. The molecule has 7 heteroatoms. The van der Waals surface area contributed by atoms with Gasteiger partial charge in [0.1, 0.15) is 0 Å². The zero-order valence-corrected chi connectivity index (χ0v) is 11.1. The third-order valence-corrected chi connectivity index (χ3v) is 3.91. The van der Waals surface area contributed by atoms with E-state index in [0.29, 0.717) is 23.4 Å². The van der Waals surface area contributed by atoms with E-state index in [1.54, 1.807) is 4.90 Å². The standard InChI is InChI=1S/C12H14FN5S/c13-10-8-17(9-4-2-1-3-5-9)6-7-18(10)12-16-15-11(14)19-12/h1-5,10H,6-8H2,(H2,14,15). The van der Waals surface area contributed by atoms with Crippen molar-refractivity contribution in [2.24, 2.45) is 0 Å². The van der Waals surface area contributed by atoms with Gasteiger partial charge in [0.2, 0.25) is 10.3 Å². The largest absolute Gasteiger partial charge is 0.374 e. The fraction of sp³-hybridized carbons (Fsp3) is 0.333. The lowest BCUT2D eigenvalue weighted by molar-refractivity contribution is 0.299. The van der Waals surface area contributed by atoms with E-state index in [1.165, 1.54) is 11.3 Å². The maximum Gasteiger partial charge on any atom is 0.212 e. The molecule has 2 N–H and O–H groups in total. The Labute approximate surface area is 114 Å². The molecule has 0 radical (unpaired) electrons. The summed E-state index contributed by atoms with van der Waals surface area (Å²) in [6.45, 7) is 1.65. The normalized spacial score (nSPS) is 19.7. The van der Waals surface area contributed by atoms with Gasteiger partial charge in [0.15, 0.2) is 6.30 Å². The van der Waals surface area contributed by atoms with E-state index in [0.717, 1.165) is 12.2 Å². The number of hydrogen-bond acceptors (Lipinski definition) is 6. The Morgan fingerprint density at radius 1 is 1.21 bits per heavy atom. The molecule has 0 aliphatic carbocycles. The number of benzene rings is 1. The Hall–Kier alpha value is -1.89. The average Bonchev–Trinajstić information content (AvgIpc) is 2.86. The van der Waals surface area contributed by atoms with E-state index in [1.807, 2.05) is 35.2 Å². The van der Waals surface area contributed by atoms with Crippen molar-refractivity contribution in [2.45, 2.75) is 6.30 Å². The molecule has 1 atom stereocenters. The van der Waals surface area contributed by atoms with E-state index in [4.69, 9.17) is 5.73 Å². The van der Waals surface area contributed by atoms with Gasteiger partial charge in [-0.1, -0.05) is 29.5 Å². The number of hydrogen-bond donors (Lipinski definition) is 1. The Morgan fingerprint density at radius 3 is 2.63 bits per heavy atom. The highest BCUT2D eigenvalue weighted by molar-refractivity contribution is 7.18. The minimum atomic E-state index is -1.10. The molecule has 0 amide bonds. The van der Waals surface area contributed by atoms with Crippen LogP contribution in [0.3, 0.4) is 0 Å². The number of nitrogens with zero attached hydrogens (tertiary/aromatic N) is 4. The van der Waals surface area contributed by atoms with Crippen LogP contribution in [0.15, 0.2) is 30.3 Å². The van der Waals surface area contributed by atoms with E-state index < -0.39 is 6.30 Å². The maximum absolute atomic E-state index is 14.3. The number of rotatable bonds is 2. The van der Waals surface area contributed by atoms with Crippen LogP contribution in [0.4, 0.5) is 20.3 Å². The number of para-hydroxylation sites is 1. The predicted octanol–water partition coefficient (Wildman–Crippen LogP) is 1.74. The number of alkyl halides is 1. The first kappa shape index (κ1) is 12.2. The predicted molar refractivity (Wildman–Crippen MR) is 75.2 cm³/mol. The van der Waals surface area contributed by atoms with E-state index in [2.05, 4.69) is 10.2 Å². The van der Waals surface area contributed by atoms with Crippen LogP contribution in [0.1, 0.15) is 0 Å². The molecular formula is C12H14FN5S. The van der Waals surface area contributed by atoms with Gasteiger partial charge >= 0.3 is 0 Å². The van der Waals surface area contributed by atoms with Crippen LogP contribution in [-0.4, -0.2) is 36.1 Å². The number of nitrogen functional groups attached to an aromatic ring is 1. The van der Waals surface area contributed by atoms with Crippen LogP contribution >= 0.6 is 11.3 Å². The number of anilines is 3. The molecule has 1 aliphatic rings. The number of halogens is 1. The van der Waals surface area contributed by atoms with Crippen LogP contribution in [0.25, 0.3) is 0 Å². The summed E-state index contributed by atoms with van der Waals surface area (Å²) < 4.78 is 14.3. The highest BCUT2D eigenvalue weighted by Gasteiger charge is 2.29. The van der Waals surface area contributed by atoms with Gasteiger partial charge in [0.25, 0.3) is 0 Å². The van der Waals surface area contributed by atoms with Crippen LogP contribution in [0, 0.1) is 0 Å². The van der Waals surface area contributed by atoms with Crippen molar-refractivity contribution in [3.05, 3.63) is 30.3 Å². The Bertz CT molecular complexity index is 546. The van der Waals surface area contributed by atoms with E-state index in [-0.39, 0.29) is 0 Å². The molecule has 0 bridgehead atoms. The summed E-state index contributed by atoms with van der Waals surface area (Å²) in [5, 5.41) is 8.55. The second kappa shape index (κ2) is 5.00. The molecule has 2 aromatic rings. The summed E-state index contributed by atoms with van der Waals surface area (Å²) in [5.41, 5.74) is 6.58. The molecule has 100 valence electrons. The molecule has 1 fully saturated rings. The molecule has 19 heavy (non-hydrogen) atoms. The first-order valence-corrected chi connectivity index (χ1v) is 6.85. The second-order valence-electron chi connectivity index (χ2n) is 4.33. The lowest BCUT2D eigenvalue weighted by Gasteiger charge is -2.38. The SMILES string of the molecule is Nc1nnc(N2CCN(c3ccccc3)CC2F)s1. The van der Waals surface area contributed by atoms with Crippen molar-refractivity contribution in [3.63, 3.8) is 0 Å². The third-order valence-electron chi connectivity index (χ3n) is 3.12. The summed E-state index contributed by atoms with van der Waals surface area (Å²) in [4.78, 5) is 3.65. The van der Waals surface area contributed by atoms with Crippen LogP contribution in [0.2, 0.25) is 0 Å². The Kier molecular flexibility index (Phi) is 3.20. The first-order valence-electron chi connectivity index (χ1n) is 6.04. The van der Waals surface area contributed by atoms with Crippen molar-refractivity contribution < 1.29 is 4.39 Å². The van der Waals surface area contributed by atoms with Gasteiger partial charge in [-0.15, -0.1) is 10.2 Å². The molecule has 2 heterocycles. The van der Waals surface area contributed by atoms with Crippen molar-refractivity contribution in [2.75, 3.05) is 35.2 Å². The molecule has 1 aliphatic heterocycles. The summed E-state index contributed by atoms with van der Waals surface area (Å²) in [6, 6.07) is 9.86.